The zero-order chi connectivity index (χ0) is 11.4. The van der Waals surface area contributed by atoms with Crippen LogP contribution in [0.4, 0.5) is 0 Å². The minimum atomic E-state index is -0.449. The molecule has 1 N–H and O–H groups in total. The molecule has 15 heavy (non-hydrogen) atoms. The highest BCUT2D eigenvalue weighted by molar-refractivity contribution is 7.10. The number of hydrogen-bond acceptors (Lipinski definition) is 4. The zero-order valence-corrected chi connectivity index (χ0v) is 9.73. The maximum absolute atomic E-state index is 11.3. The molecule has 0 aliphatic heterocycles. The van der Waals surface area contributed by atoms with Crippen LogP contribution in [0.2, 0.25) is 0 Å². The average Bonchev–Trinajstić information content (AvgIpc) is 2.46. The van der Waals surface area contributed by atoms with Gasteiger partial charge in [-0.2, -0.15) is 5.48 Å². The molecule has 5 heteroatoms. The molecule has 1 aromatic heterocycles. The Kier molecular flexibility index (Phi) is 3.85. The summed E-state index contributed by atoms with van der Waals surface area (Å²) in [6, 6.07) is 0. The van der Waals surface area contributed by atoms with Gasteiger partial charge in [0, 0.05) is 11.8 Å². The van der Waals surface area contributed by atoms with E-state index in [2.05, 4.69) is 4.84 Å². The molecule has 0 unspecified atom stereocenters. The summed E-state index contributed by atoms with van der Waals surface area (Å²) in [5.74, 6) is -0.836. The fourth-order valence-corrected chi connectivity index (χ4v) is 2.04. The number of carbonyl (C=O) groups is 2. The predicted molar refractivity (Wildman–Crippen MR) is 57.4 cm³/mol. The number of carbonyl (C=O) groups excluding carboxylic acids is 2. The number of aryl methyl sites for hydroxylation is 2. The molecule has 0 fully saturated rings. The van der Waals surface area contributed by atoms with Crippen molar-refractivity contribution in [2.24, 2.45) is 0 Å². The molecule has 1 aromatic rings. The SMILES string of the molecule is CC(=O)NOC(=O)Cc1c(C)csc1C. The highest BCUT2D eigenvalue weighted by Gasteiger charge is 2.11. The van der Waals surface area contributed by atoms with Crippen molar-refractivity contribution in [1.82, 2.24) is 5.48 Å². The van der Waals surface area contributed by atoms with Crippen molar-refractivity contribution in [3.63, 3.8) is 0 Å². The Morgan fingerprint density at radius 2 is 2.13 bits per heavy atom. The van der Waals surface area contributed by atoms with Crippen molar-refractivity contribution in [3.05, 3.63) is 21.4 Å². The lowest BCUT2D eigenvalue weighted by Gasteiger charge is -2.03. The number of rotatable bonds is 2. The van der Waals surface area contributed by atoms with E-state index < -0.39 is 5.97 Å². The molecule has 0 aliphatic carbocycles. The van der Waals surface area contributed by atoms with Gasteiger partial charge in [0.05, 0.1) is 6.42 Å². The molecule has 1 amide bonds. The van der Waals surface area contributed by atoms with Gasteiger partial charge in [-0.15, -0.1) is 11.3 Å². The van der Waals surface area contributed by atoms with Crippen LogP contribution >= 0.6 is 11.3 Å². The van der Waals surface area contributed by atoms with Crippen LogP contribution in [0.3, 0.4) is 0 Å². The maximum atomic E-state index is 11.3. The molecule has 1 heterocycles. The Morgan fingerprint density at radius 1 is 1.47 bits per heavy atom. The van der Waals surface area contributed by atoms with E-state index in [0.717, 1.165) is 16.0 Å². The van der Waals surface area contributed by atoms with Crippen molar-refractivity contribution in [2.45, 2.75) is 27.2 Å². The molecule has 4 nitrogen and oxygen atoms in total. The van der Waals surface area contributed by atoms with Crippen LogP contribution in [-0.2, 0) is 20.8 Å². The highest BCUT2D eigenvalue weighted by Crippen LogP contribution is 2.21. The van der Waals surface area contributed by atoms with Gasteiger partial charge in [-0.05, 0) is 30.4 Å². The second-order valence-corrected chi connectivity index (χ2v) is 4.35. The summed E-state index contributed by atoms with van der Waals surface area (Å²) < 4.78 is 0. The first kappa shape index (κ1) is 11.7. The zero-order valence-electron chi connectivity index (χ0n) is 8.92. The fourth-order valence-electron chi connectivity index (χ4n) is 1.17. The minimum absolute atomic E-state index is 0.196. The van der Waals surface area contributed by atoms with Gasteiger partial charge in [0.1, 0.15) is 0 Å². The van der Waals surface area contributed by atoms with E-state index in [4.69, 9.17) is 0 Å². The first-order chi connectivity index (χ1) is 7.00. The van der Waals surface area contributed by atoms with Gasteiger partial charge in [-0.25, -0.2) is 4.79 Å². The van der Waals surface area contributed by atoms with Gasteiger partial charge in [-0.1, -0.05) is 0 Å². The third-order valence-electron chi connectivity index (χ3n) is 1.94. The van der Waals surface area contributed by atoms with E-state index in [1.54, 1.807) is 11.3 Å². The highest BCUT2D eigenvalue weighted by atomic mass is 32.1. The molecule has 0 aliphatic rings. The first-order valence-electron chi connectivity index (χ1n) is 4.50. The maximum Gasteiger partial charge on any atom is 0.336 e. The molecule has 0 radical (unpaired) electrons. The summed E-state index contributed by atoms with van der Waals surface area (Å²) in [6.07, 6.45) is 0.196. The van der Waals surface area contributed by atoms with Gasteiger partial charge in [0.25, 0.3) is 0 Å². The van der Waals surface area contributed by atoms with Gasteiger partial charge in [0.2, 0.25) is 5.91 Å². The van der Waals surface area contributed by atoms with Crippen LogP contribution in [0.1, 0.15) is 22.9 Å². The smallest absolute Gasteiger partial charge is 0.336 e. The number of hydroxylamine groups is 1. The fraction of sp³-hybridized carbons (Fsp3) is 0.400. The standard InChI is InChI=1S/C10H13NO3S/c1-6-5-15-7(2)9(6)4-10(13)14-11-8(3)12/h5H,4H2,1-3H3,(H,11,12). The normalized spacial score (nSPS) is 9.80. The summed E-state index contributed by atoms with van der Waals surface area (Å²) in [6.45, 7) is 5.19. The lowest BCUT2D eigenvalue weighted by Crippen LogP contribution is -2.25. The quantitative estimate of drug-likeness (QED) is 0.779. The number of amides is 1. The Hall–Kier alpha value is -1.36. The number of nitrogens with one attached hydrogen (secondary N) is 1. The van der Waals surface area contributed by atoms with Crippen molar-refractivity contribution in [2.75, 3.05) is 0 Å². The minimum Gasteiger partial charge on any atom is -0.340 e. The molecule has 0 saturated heterocycles. The Bertz CT molecular complexity index is 365. The van der Waals surface area contributed by atoms with Gasteiger partial charge < -0.3 is 4.84 Å². The van der Waals surface area contributed by atoms with E-state index in [1.807, 2.05) is 24.7 Å². The molecule has 0 spiro atoms. The van der Waals surface area contributed by atoms with Gasteiger partial charge in [-0.3, -0.25) is 4.79 Å². The van der Waals surface area contributed by atoms with Crippen LogP contribution < -0.4 is 5.48 Å². The molecule has 0 bridgehead atoms. The lowest BCUT2D eigenvalue weighted by atomic mass is 10.1. The van der Waals surface area contributed by atoms with Crippen LogP contribution in [-0.4, -0.2) is 11.9 Å². The van der Waals surface area contributed by atoms with E-state index in [-0.39, 0.29) is 12.3 Å². The second-order valence-electron chi connectivity index (χ2n) is 3.26. The monoisotopic (exact) mass is 227 g/mol. The van der Waals surface area contributed by atoms with E-state index in [9.17, 15) is 9.59 Å². The second kappa shape index (κ2) is 4.93. The lowest BCUT2D eigenvalue weighted by molar-refractivity contribution is -0.156. The molecular formula is C10H13NO3S. The van der Waals surface area contributed by atoms with Gasteiger partial charge >= 0.3 is 5.97 Å². The van der Waals surface area contributed by atoms with Crippen molar-refractivity contribution < 1.29 is 14.4 Å². The van der Waals surface area contributed by atoms with Crippen LogP contribution in [0.15, 0.2) is 5.38 Å². The molecule has 82 valence electrons. The summed E-state index contributed by atoms with van der Waals surface area (Å²) in [7, 11) is 0. The van der Waals surface area contributed by atoms with E-state index >= 15 is 0 Å². The van der Waals surface area contributed by atoms with Crippen molar-refractivity contribution >= 4 is 23.2 Å². The molecule has 0 atom stereocenters. The molecule has 1 rings (SSSR count). The molecule has 0 aromatic carbocycles. The number of hydrogen-bond donors (Lipinski definition) is 1. The summed E-state index contributed by atoms with van der Waals surface area (Å²) in [5.41, 5.74) is 4.07. The summed E-state index contributed by atoms with van der Waals surface area (Å²) in [5, 5.41) is 2.00. The topological polar surface area (TPSA) is 55.4 Å². The average molecular weight is 227 g/mol. The van der Waals surface area contributed by atoms with E-state index in [1.165, 1.54) is 6.92 Å². The third kappa shape index (κ3) is 3.36. The molecule has 0 saturated carbocycles. The molecular weight excluding hydrogens is 214 g/mol. The Balaban J connectivity index is 2.55. The number of thiophene rings is 1. The summed E-state index contributed by atoms with van der Waals surface area (Å²) >= 11 is 1.60. The van der Waals surface area contributed by atoms with Crippen molar-refractivity contribution in [3.8, 4) is 0 Å². The third-order valence-corrected chi connectivity index (χ3v) is 3.01. The first-order valence-corrected chi connectivity index (χ1v) is 5.38. The summed E-state index contributed by atoms with van der Waals surface area (Å²) in [4.78, 5) is 27.4. The van der Waals surface area contributed by atoms with Crippen molar-refractivity contribution in [1.29, 1.82) is 0 Å². The van der Waals surface area contributed by atoms with E-state index in [0.29, 0.717) is 0 Å². The Morgan fingerprint density at radius 3 is 2.60 bits per heavy atom. The van der Waals surface area contributed by atoms with Crippen LogP contribution in [0.5, 0.6) is 0 Å². The Labute approximate surface area is 92.2 Å². The largest absolute Gasteiger partial charge is 0.340 e. The van der Waals surface area contributed by atoms with Gasteiger partial charge in [0.15, 0.2) is 0 Å². The van der Waals surface area contributed by atoms with Crippen LogP contribution in [0, 0.1) is 13.8 Å². The van der Waals surface area contributed by atoms with Crippen LogP contribution in [0.25, 0.3) is 0 Å². The predicted octanol–water partition coefficient (Wildman–Crippen LogP) is 1.50.